The van der Waals surface area contributed by atoms with Crippen LogP contribution in [0.3, 0.4) is 0 Å². The van der Waals surface area contributed by atoms with E-state index in [4.69, 9.17) is 0 Å². The Kier molecular flexibility index (Phi) is 9.97. The van der Waals surface area contributed by atoms with Gasteiger partial charge in [-0.05, 0) is 145 Å². The first-order chi connectivity index (χ1) is 32.7. The van der Waals surface area contributed by atoms with Crippen molar-refractivity contribution in [2.45, 2.75) is 0 Å². The van der Waals surface area contributed by atoms with Crippen LogP contribution in [0.2, 0.25) is 0 Å². The van der Waals surface area contributed by atoms with E-state index in [-0.39, 0.29) is 0 Å². The molecule has 0 aliphatic heterocycles. The van der Waals surface area contributed by atoms with Crippen LogP contribution in [0.1, 0.15) is 11.1 Å². The molecule has 0 saturated heterocycles. The highest BCUT2D eigenvalue weighted by atomic mass is 14.2. The topological polar surface area (TPSA) is 0 Å². The van der Waals surface area contributed by atoms with E-state index in [2.05, 4.69) is 267 Å². The molecule has 0 bridgehead atoms. The highest BCUT2D eigenvalue weighted by Gasteiger charge is 2.19. The molecule has 0 aromatic heterocycles. The van der Waals surface area contributed by atoms with Gasteiger partial charge in [-0.2, -0.15) is 0 Å². The third kappa shape index (κ3) is 7.06. The van der Waals surface area contributed by atoms with Gasteiger partial charge in [0.25, 0.3) is 0 Å². The van der Waals surface area contributed by atoms with Gasteiger partial charge in [-0.15, -0.1) is 0 Å². The molecule has 0 heterocycles. The Morgan fingerprint density at radius 1 is 0.167 bits per heavy atom. The molecule has 0 nitrogen and oxygen atoms in total. The fraction of sp³-hybridized carbons (Fsp3) is 0. The van der Waals surface area contributed by atoms with Crippen molar-refractivity contribution in [2.75, 3.05) is 0 Å². The van der Waals surface area contributed by atoms with Crippen molar-refractivity contribution in [3.05, 3.63) is 266 Å². The van der Waals surface area contributed by atoms with Crippen molar-refractivity contribution in [1.29, 1.82) is 0 Å². The van der Waals surface area contributed by atoms with E-state index in [1.54, 1.807) is 0 Å². The molecule has 308 valence electrons. The molecular formula is C66H44. The summed E-state index contributed by atoms with van der Waals surface area (Å²) in [6, 6.07) is 93.0. The third-order valence-electron chi connectivity index (χ3n) is 13.2. The molecule has 0 saturated carbocycles. The van der Waals surface area contributed by atoms with Crippen LogP contribution < -0.4 is 0 Å². The molecule has 0 unspecified atom stereocenters. The summed E-state index contributed by atoms with van der Waals surface area (Å²) in [7, 11) is 0. The van der Waals surface area contributed by atoms with Crippen LogP contribution in [-0.4, -0.2) is 0 Å². The predicted octanol–water partition coefficient (Wildman–Crippen LogP) is 18.5. The number of fused-ring (bicyclic) bond motifs is 4. The number of hydrogen-bond donors (Lipinski definition) is 0. The van der Waals surface area contributed by atoms with Gasteiger partial charge in [0, 0.05) is 0 Å². The summed E-state index contributed by atoms with van der Waals surface area (Å²) in [6.07, 6.45) is 4.48. The van der Waals surface area contributed by atoms with Crippen molar-refractivity contribution in [2.24, 2.45) is 0 Å². The zero-order valence-corrected chi connectivity index (χ0v) is 36.4. The summed E-state index contributed by atoms with van der Waals surface area (Å²) in [5, 5.41) is 10.1. The summed E-state index contributed by atoms with van der Waals surface area (Å²) >= 11 is 0. The summed E-state index contributed by atoms with van der Waals surface area (Å²) in [5.41, 5.74) is 17.1. The fourth-order valence-electron chi connectivity index (χ4n) is 10.2. The van der Waals surface area contributed by atoms with E-state index >= 15 is 0 Å². The molecule has 0 heteroatoms. The van der Waals surface area contributed by atoms with Crippen LogP contribution in [0, 0.1) is 0 Å². The van der Waals surface area contributed by atoms with Crippen molar-refractivity contribution in [3.63, 3.8) is 0 Å². The van der Waals surface area contributed by atoms with E-state index in [1.807, 2.05) is 0 Å². The van der Waals surface area contributed by atoms with E-state index in [1.165, 1.54) is 110 Å². The summed E-state index contributed by atoms with van der Waals surface area (Å²) in [6.45, 7) is 0. The molecule has 0 fully saturated rings. The van der Waals surface area contributed by atoms with Gasteiger partial charge in [0.1, 0.15) is 0 Å². The van der Waals surface area contributed by atoms with E-state index in [0.717, 1.165) is 11.1 Å². The molecule has 0 aliphatic carbocycles. The Balaban J connectivity index is 0.932. The van der Waals surface area contributed by atoms with Gasteiger partial charge >= 0.3 is 0 Å². The Morgan fingerprint density at radius 2 is 0.424 bits per heavy atom. The Labute approximate surface area is 386 Å². The van der Waals surface area contributed by atoms with E-state index < -0.39 is 0 Å². The zero-order chi connectivity index (χ0) is 43.8. The SMILES string of the molecule is C(=Cc1cccc(-c2ccc3c(-c4ccccc4)c4ccccc4c(-c4ccccc4)c3c2)c1)c1cccc(-c2ccc3c(-c4ccccc4)c4ccccc4c(-c4ccccc4)c3c2)c1. The Hall–Kier alpha value is -8.58. The first-order valence-electron chi connectivity index (χ1n) is 22.8. The summed E-state index contributed by atoms with van der Waals surface area (Å²) in [4.78, 5) is 0. The lowest BCUT2D eigenvalue weighted by Crippen LogP contribution is -1.91. The molecule has 66 heavy (non-hydrogen) atoms. The van der Waals surface area contributed by atoms with E-state index in [0.29, 0.717) is 0 Å². The monoisotopic (exact) mass is 836 g/mol. The molecule has 12 rings (SSSR count). The second-order valence-corrected chi connectivity index (χ2v) is 17.2. The molecule has 0 aliphatic rings. The van der Waals surface area contributed by atoms with Gasteiger partial charge in [-0.25, -0.2) is 0 Å². The Bertz CT molecular complexity index is 3520. The fourth-order valence-corrected chi connectivity index (χ4v) is 10.2. The molecule has 0 amide bonds. The average Bonchev–Trinajstić information content (AvgIpc) is 3.39. The maximum atomic E-state index is 2.40. The molecular weight excluding hydrogens is 793 g/mol. The van der Waals surface area contributed by atoms with Crippen LogP contribution in [0.25, 0.3) is 122 Å². The normalized spacial score (nSPS) is 11.6. The summed E-state index contributed by atoms with van der Waals surface area (Å²) in [5.74, 6) is 0. The smallest absolute Gasteiger partial charge is 0.00262 e. The predicted molar refractivity (Wildman–Crippen MR) is 284 cm³/mol. The minimum atomic E-state index is 1.16. The van der Waals surface area contributed by atoms with Crippen molar-refractivity contribution >= 4 is 55.2 Å². The minimum Gasteiger partial charge on any atom is -0.0622 e. The van der Waals surface area contributed by atoms with Crippen LogP contribution in [0.5, 0.6) is 0 Å². The highest BCUT2D eigenvalue weighted by Crippen LogP contribution is 2.46. The molecule has 0 radical (unpaired) electrons. The van der Waals surface area contributed by atoms with Crippen LogP contribution in [-0.2, 0) is 0 Å². The van der Waals surface area contributed by atoms with Crippen molar-refractivity contribution < 1.29 is 0 Å². The second-order valence-electron chi connectivity index (χ2n) is 17.2. The number of hydrogen-bond acceptors (Lipinski definition) is 0. The van der Waals surface area contributed by atoms with Crippen LogP contribution in [0.4, 0.5) is 0 Å². The Morgan fingerprint density at radius 3 is 0.758 bits per heavy atom. The number of rotatable bonds is 8. The average molecular weight is 837 g/mol. The van der Waals surface area contributed by atoms with Crippen molar-refractivity contribution in [1.82, 2.24) is 0 Å². The zero-order valence-electron chi connectivity index (χ0n) is 36.4. The van der Waals surface area contributed by atoms with Gasteiger partial charge in [0.05, 0.1) is 0 Å². The first-order valence-corrected chi connectivity index (χ1v) is 22.8. The third-order valence-corrected chi connectivity index (χ3v) is 13.2. The lowest BCUT2D eigenvalue weighted by molar-refractivity contribution is 1.60. The van der Waals surface area contributed by atoms with Gasteiger partial charge in [0.15, 0.2) is 0 Å². The molecule has 0 spiro atoms. The first kappa shape index (κ1) is 39.0. The van der Waals surface area contributed by atoms with Gasteiger partial charge in [-0.3, -0.25) is 0 Å². The van der Waals surface area contributed by atoms with Gasteiger partial charge in [0.2, 0.25) is 0 Å². The molecule has 0 atom stereocenters. The maximum absolute atomic E-state index is 2.40. The number of benzene rings is 12. The molecule has 0 N–H and O–H groups in total. The quantitative estimate of drug-likeness (QED) is 0.106. The lowest BCUT2D eigenvalue weighted by atomic mass is 9.85. The van der Waals surface area contributed by atoms with Crippen LogP contribution in [0.15, 0.2) is 255 Å². The molecule has 12 aromatic carbocycles. The highest BCUT2D eigenvalue weighted by molar-refractivity contribution is 6.23. The van der Waals surface area contributed by atoms with Crippen LogP contribution >= 0.6 is 0 Å². The lowest BCUT2D eigenvalue weighted by Gasteiger charge is -2.19. The van der Waals surface area contributed by atoms with Gasteiger partial charge in [-0.1, -0.05) is 243 Å². The largest absolute Gasteiger partial charge is 0.0622 e. The summed E-state index contributed by atoms with van der Waals surface area (Å²) < 4.78 is 0. The minimum absolute atomic E-state index is 1.16. The van der Waals surface area contributed by atoms with Gasteiger partial charge < -0.3 is 0 Å². The van der Waals surface area contributed by atoms with E-state index in [9.17, 15) is 0 Å². The standard InChI is InChI=1S/C66H44/c1-5-21-47(22-6-1)63-55-31-13-15-33-57(55)65(49-25-9-3-10-26-49)61-43-53(37-39-59(61)63)51-29-17-19-45(41-51)35-36-46-20-18-30-52(42-46)54-38-40-60-62(44-54)66(50-27-11-4-12-28-50)58-34-16-14-32-56(58)64(60)48-23-7-2-8-24-48/h1-44H. The second kappa shape index (κ2) is 16.8. The molecule has 12 aromatic rings. The van der Waals surface area contributed by atoms with Crippen molar-refractivity contribution in [3.8, 4) is 66.8 Å². The maximum Gasteiger partial charge on any atom is -0.00262 e.